The number of aliphatic imine (C=N–C) groups is 2. The molecule has 4 heteroatoms. The molecule has 320 valence electrons. The minimum absolute atomic E-state index is 0.0530. The molecule has 1 unspecified atom stereocenters. The van der Waals surface area contributed by atoms with Gasteiger partial charge in [0, 0.05) is 33.3 Å². The van der Waals surface area contributed by atoms with Crippen LogP contribution in [0, 0.1) is 27.7 Å². The molecule has 4 aliphatic rings. The molecule has 2 atom stereocenters. The highest BCUT2D eigenvalue weighted by molar-refractivity contribution is 6.97. The number of fused-ring (bicyclic) bond motifs is 6. The number of hydrogen-bond donors (Lipinski definition) is 1. The zero-order valence-corrected chi connectivity index (χ0v) is 39.5. The third-order valence-electron chi connectivity index (χ3n) is 13.9. The van der Waals surface area contributed by atoms with Gasteiger partial charge < -0.3 is 4.98 Å². The van der Waals surface area contributed by atoms with Crippen LogP contribution in [0.15, 0.2) is 220 Å². The molecule has 1 aromatic heterocycles. The van der Waals surface area contributed by atoms with Gasteiger partial charge in [-0.25, -0.2) is 4.99 Å². The molecule has 8 bridgehead atoms. The Morgan fingerprint density at radius 3 is 1.41 bits per heavy atom. The van der Waals surface area contributed by atoms with E-state index in [9.17, 15) is 0 Å². The van der Waals surface area contributed by atoms with Gasteiger partial charge in [0.05, 0.1) is 23.2 Å². The lowest BCUT2D eigenvalue weighted by Crippen LogP contribution is -2.37. The van der Waals surface area contributed by atoms with Gasteiger partial charge in [-0.1, -0.05) is 204 Å². The first-order chi connectivity index (χ1) is 32.1. The normalized spacial score (nSPS) is 21.4. The molecule has 6 aromatic carbocycles. The summed E-state index contributed by atoms with van der Waals surface area (Å²) in [4.78, 5) is 15.6. The van der Waals surface area contributed by atoms with Gasteiger partial charge in [0.25, 0.3) is 0 Å². The lowest BCUT2D eigenvalue weighted by atomic mass is 9.83. The highest BCUT2D eigenvalue weighted by Gasteiger charge is 2.49. The Kier molecular flexibility index (Phi) is 10.4. The van der Waals surface area contributed by atoms with Gasteiger partial charge in [-0.2, -0.15) is 0 Å². The minimum Gasteiger partial charge on any atom is -0.354 e. The molecule has 4 aliphatic heterocycles. The second-order valence-electron chi connectivity index (χ2n) is 18.9. The number of aromatic nitrogens is 1. The van der Waals surface area contributed by atoms with E-state index in [1.807, 2.05) is 0 Å². The summed E-state index contributed by atoms with van der Waals surface area (Å²) in [5.41, 5.74) is 20.9. The van der Waals surface area contributed by atoms with E-state index in [1.165, 1.54) is 71.6 Å². The van der Waals surface area contributed by atoms with E-state index in [4.69, 9.17) is 9.98 Å². The fourth-order valence-corrected chi connectivity index (χ4v) is 14.7. The summed E-state index contributed by atoms with van der Waals surface area (Å²) in [5, 5.41) is 4.92. The van der Waals surface area contributed by atoms with Crippen molar-refractivity contribution >= 4 is 47.4 Å². The molecule has 66 heavy (non-hydrogen) atoms. The van der Waals surface area contributed by atoms with Crippen molar-refractivity contribution < 1.29 is 0 Å². The second kappa shape index (κ2) is 16.5. The van der Waals surface area contributed by atoms with E-state index >= 15 is 0 Å². The van der Waals surface area contributed by atoms with Crippen molar-refractivity contribution in [3.8, 4) is 0 Å². The first-order valence-corrected chi connectivity index (χ1v) is 26.2. The van der Waals surface area contributed by atoms with Gasteiger partial charge in [0.1, 0.15) is 8.07 Å². The van der Waals surface area contributed by atoms with Crippen LogP contribution in [0.4, 0.5) is 0 Å². The van der Waals surface area contributed by atoms with Crippen LogP contribution in [-0.2, 0) is 0 Å². The summed E-state index contributed by atoms with van der Waals surface area (Å²) < 4.78 is 0. The summed E-state index contributed by atoms with van der Waals surface area (Å²) in [7, 11) is -2.75. The zero-order chi connectivity index (χ0) is 45.1. The maximum Gasteiger partial charge on any atom is 0.111 e. The monoisotopic (exact) mass is 867 g/mol. The van der Waals surface area contributed by atoms with Gasteiger partial charge in [-0.05, 0) is 108 Å². The minimum atomic E-state index is -2.75. The molecule has 0 radical (unpaired) electrons. The Morgan fingerprint density at radius 1 is 0.424 bits per heavy atom. The van der Waals surface area contributed by atoms with Crippen LogP contribution in [0.2, 0.25) is 13.1 Å². The van der Waals surface area contributed by atoms with Crippen LogP contribution in [0.3, 0.4) is 0 Å². The van der Waals surface area contributed by atoms with Crippen molar-refractivity contribution in [1.82, 2.24) is 4.98 Å². The van der Waals surface area contributed by atoms with Crippen LogP contribution >= 0.6 is 0 Å². The summed E-state index contributed by atoms with van der Waals surface area (Å²) in [5.74, 6) is -0.0530. The molecule has 0 fully saturated rings. The number of nitrogens with one attached hydrogen (secondary N) is 1. The Morgan fingerprint density at radius 2 is 0.879 bits per heavy atom. The van der Waals surface area contributed by atoms with Gasteiger partial charge in [0.15, 0.2) is 0 Å². The van der Waals surface area contributed by atoms with Crippen molar-refractivity contribution in [2.75, 3.05) is 0 Å². The Hall–Kier alpha value is -7.40. The quantitative estimate of drug-likeness (QED) is 0.162. The fourth-order valence-electron chi connectivity index (χ4n) is 10.7. The van der Waals surface area contributed by atoms with E-state index < -0.39 is 8.07 Å². The molecule has 0 amide bonds. The Balaban J connectivity index is 1.34. The van der Waals surface area contributed by atoms with E-state index in [1.54, 1.807) is 0 Å². The molecule has 3 nitrogen and oxygen atoms in total. The molecule has 0 saturated heterocycles. The van der Waals surface area contributed by atoms with Gasteiger partial charge in [0.2, 0.25) is 0 Å². The number of hydrogen-bond acceptors (Lipinski definition) is 2. The smallest absolute Gasteiger partial charge is 0.111 e. The molecular weight excluding hydrogens is 815 g/mol. The maximum absolute atomic E-state index is 5.90. The van der Waals surface area contributed by atoms with Gasteiger partial charge >= 0.3 is 0 Å². The lowest BCUT2D eigenvalue weighted by molar-refractivity contribution is 0.720. The highest BCUT2D eigenvalue weighted by Crippen LogP contribution is 2.58. The van der Waals surface area contributed by atoms with Crippen molar-refractivity contribution in [1.29, 1.82) is 0 Å². The molecule has 11 rings (SSSR count). The number of nitrogens with zero attached hydrogens (tertiary/aromatic N) is 2. The first kappa shape index (κ1) is 41.3. The molecule has 5 heterocycles. The van der Waals surface area contributed by atoms with E-state index in [-0.39, 0.29) is 12.0 Å². The predicted molar refractivity (Wildman–Crippen MR) is 281 cm³/mol. The fraction of sp³-hybridized carbons (Fsp3) is 0.129. The topological polar surface area (TPSA) is 40.5 Å². The molecule has 0 spiro atoms. The summed E-state index contributed by atoms with van der Waals surface area (Å²) in [6.07, 6.45) is 9.19. The number of aromatic amines is 1. The van der Waals surface area contributed by atoms with Crippen LogP contribution in [0.25, 0.3) is 27.9 Å². The largest absolute Gasteiger partial charge is 0.354 e. The van der Waals surface area contributed by atoms with Crippen LogP contribution in [-0.4, -0.2) is 30.5 Å². The van der Waals surface area contributed by atoms with Crippen molar-refractivity contribution in [3.63, 3.8) is 0 Å². The Bertz CT molecular complexity index is 3410. The lowest BCUT2D eigenvalue weighted by Gasteiger charge is -2.35. The van der Waals surface area contributed by atoms with Crippen LogP contribution in [0.1, 0.15) is 61.6 Å². The number of allylic oxidation sites excluding steroid dienone is 7. The molecule has 7 aromatic rings. The third kappa shape index (κ3) is 7.23. The van der Waals surface area contributed by atoms with Gasteiger partial charge in [-0.3, -0.25) is 4.99 Å². The number of benzene rings is 6. The summed E-state index contributed by atoms with van der Waals surface area (Å²) in [6, 6.07) is 62.8. The first-order valence-electron chi connectivity index (χ1n) is 23.2. The standard InChI is InChI=1S/C62H53N3Si/c1-39-17-25-45(26-18-39)55-49-33-34-50(63-49)56(46-27-19-40(2)20-28-46)52-36-38-54(65-52)58(48-31-23-42(4)24-32-48)62-60(44-15-11-8-12-16-44)59(43-13-9-7-10-14-43)61(66(62,5)6)57(53-37-35-51(55)64-53)47-29-21-41(3)22-30-47/h7-38,53,57,63H,1-6H3/b55-49-,56-50-,58-54-/t53?,57-/m0/s1. The van der Waals surface area contributed by atoms with Crippen molar-refractivity contribution in [3.05, 3.63) is 277 Å². The average molecular weight is 868 g/mol. The Labute approximate surface area is 389 Å². The summed E-state index contributed by atoms with van der Waals surface area (Å²) in [6.45, 7) is 13.8. The van der Waals surface area contributed by atoms with E-state index in [2.05, 4.69) is 240 Å². The average Bonchev–Trinajstić information content (AvgIpc) is 4.16. The summed E-state index contributed by atoms with van der Waals surface area (Å²) >= 11 is 0. The molecule has 0 saturated carbocycles. The van der Waals surface area contributed by atoms with Gasteiger partial charge in [-0.15, -0.1) is 0 Å². The number of H-pyrrole nitrogens is 1. The van der Waals surface area contributed by atoms with Crippen LogP contribution < -0.4 is 10.7 Å². The second-order valence-corrected chi connectivity index (χ2v) is 23.2. The van der Waals surface area contributed by atoms with Crippen molar-refractivity contribution in [2.24, 2.45) is 9.98 Å². The van der Waals surface area contributed by atoms with Crippen molar-refractivity contribution in [2.45, 2.75) is 52.7 Å². The van der Waals surface area contributed by atoms with Crippen LogP contribution in [0.5, 0.6) is 0 Å². The van der Waals surface area contributed by atoms with E-state index in [0.717, 1.165) is 50.1 Å². The number of aryl methyl sites for hydroxylation is 4. The highest BCUT2D eigenvalue weighted by atomic mass is 28.3. The predicted octanol–water partition coefficient (Wildman–Crippen LogP) is 13.0. The van der Waals surface area contributed by atoms with E-state index in [0.29, 0.717) is 0 Å². The molecule has 1 N–H and O–H groups in total. The molecular formula is C62H53N3Si. The number of rotatable bonds is 6. The third-order valence-corrected chi connectivity index (χ3v) is 17.6. The SMILES string of the molecule is Cc1ccc(/C2=C3\C=CC(=N3)/C(c3ccc(C)cc3)=c3/cc/c([nH]3)=C(\c3ccc(C)cc3)C3=NC(C=C3)[C@H](c3ccc(C)cc3)C3=C(c4ccccc4)C(c4ccccc4)=C2[Si]3(C)C)cc1. The molecule has 0 aliphatic carbocycles. The zero-order valence-electron chi connectivity index (χ0n) is 38.5. The maximum atomic E-state index is 5.90.